The molecule has 0 amide bonds. The van der Waals surface area contributed by atoms with Gasteiger partial charge in [0.25, 0.3) is 0 Å². The molecule has 2 aromatic carbocycles. The summed E-state index contributed by atoms with van der Waals surface area (Å²) in [6.07, 6.45) is 19.9. The van der Waals surface area contributed by atoms with Crippen LogP contribution in [0.5, 0.6) is 11.5 Å². The first-order valence-electron chi connectivity index (χ1n) is 13.5. The number of hydrogen-bond donors (Lipinski definition) is 2. The van der Waals surface area contributed by atoms with Crippen LogP contribution in [0, 0.1) is 0 Å². The first kappa shape index (κ1) is 27.6. The van der Waals surface area contributed by atoms with Gasteiger partial charge in [0.1, 0.15) is 11.5 Å². The molecule has 0 bridgehead atoms. The van der Waals surface area contributed by atoms with Crippen LogP contribution in [-0.4, -0.2) is 10.2 Å². The molecule has 0 unspecified atom stereocenters. The number of hydrogen-bond acceptors (Lipinski definition) is 3. The third-order valence-electron chi connectivity index (χ3n) is 6.46. The topological polar surface area (TPSA) is 40.5 Å². The lowest BCUT2D eigenvalue weighted by atomic mass is 10.0. The van der Waals surface area contributed by atoms with E-state index in [0.29, 0.717) is 11.5 Å². The second-order valence-corrected chi connectivity index (χ2v) is 10.4. The fourth-order valence-electron chi connectivity index (χ4n) is 4.42. The van der Waals surface area contributed by atoms with E-state index in [1.165, 1.54) is 88.2 Å². The molecule has 0 aliphatic rings. The van der Waals surface area contributed by atoms with Crippen LogP contribution in [0.4, 0.5) is 0 Å². The van der Waals surface area contributed by atoms with Crippen molar-refractivity contribution in [1.29, 1.82) is 0 Å². The second kappa shape index (κ2) is 16.9. The van der Waals surface area contributed by atoms with Crippen molar-refractivity contribution < 1.29 is 10.2 Å². The number of aromatic hydroxyl groups is 2. The summed E-state index contributed by atoms with van der Waals surface area (Å²) < 4.78 is 0. The zero-order chi connectivity index (χ0) is 23.7. The summed E-state index contributed by atoms with van der Waals surface area (Å²) in [6.45, 7) is 4.51. The molecule has 2 N–H and O–H groups in total. The molecular formula is C30H46O2S. The van der Waals surface area contributed by atoms with Crippen LogP contribution in [0.2, 0.25) is 0 Å². The smallest absolute Gasteiger partial charge is 0.129 e. The zero-order valence-electron chi connectivity index (χ0n) is 21.1. The van der Waals surface area contributed by atoms with Crippen LogP contribution < -0.4 is 0 Å². The summed E-state index contributed by atoms with van der Waals surface area (Å²) in [6, 6.07) is 11.7. The van der Waals surface area contributed by atoms with Gasteiger partial charge in [0.05, 0.1) is 9.79 Å². The van der Waals surface area contributed by atoms with E-state index in [0.717, 1.165) is 35.5 Å². The van der Waals surface area contributed by atoms with E-state index in [2.05, 4.69) is 26.0 Å². The lowest BCUT2D eigenvalue weighted by molar-refractivity contribution is 0.457. The average Bonchev–Trinajstić information content (AvgIpc) is 2.81. The minimum Gasteiger partial charge on any atom is -0.507 e. The highest BCUT2D eigenvalue weighted by Crippen LogP contribution is 2.43. The molecule has 2 rings (SSSR count). The van der Waals surface area contributed by atoms with Crippen LogP contribution in [0.1, 0.15) is 115 Å². The van der Waals surface area contributed by atoms with Crippen LogP contribution in [0.15, 0.2) is 46.2 Å². The Bertz CT molecular complexity index is 721. The predicted octanol–water partition coefficient (Wildman–Crippen LogP) is 9.84. The maximum atomic E-state index is 10.6. The zero-order valence-corrected chi connectivity index (χ0v) is 21.9. The number of phenolic OH excluding ortho intramolecular Hbond substituents is 2. The van der Waals surface area contributed by atoms with Crippen molar-refractivity contribution in [2.45, 2.75) is 126 Å². The molecule has 0 atom stereocenters. The van der Waals surface area contributed by atoms with E-state index in [4.69, 9.17) is 0 Å². The van der Waals surface area contributed by atoms with E-state index in [-0.39, 0.29) is 0 Å². The summed E-state index contributed by atoms with van der Waals surface area (Å²) in [4.78, 5) is 1.82. The van der Waals surface area contributed by atoms with Crippen LogP contribution in [-0.2, 0) is 12.8 Å². The van der Waals surface area contributed by atoms with E-state index >= 15 is 0 Å². The van der Waals surface area contributed by atoms with Crippen LogP contribution in [0.3, 0.4) is 0 Å². The maximum Gasteiger partial charge on any atom is 0.129 e. The predicted molar refractivity (Wildman–Crippen MR) is 144 cm³/mol. The molecule has 0 radical (unpaired) electrons. The third-order valence-corrected chi connectivity index (χ3v) is 7.81. The SMILES string of the molecule is CCCCCCCCCc1cccc(O)c1Sc1c(O)cccc1CCCCCCCCC. The van der Waals surface area contributed by atoms with Gasteiger partial charge in [-0.15, -0.1) is 0 Å². The van der Waals surface area contributed by atoms with Gasteiger partial charge in [0, 0.05) is 0 Å². The number of rotatable bonds is 18. The largest absolute Gasteiger partial charge is 0.507 e. The first-order chi connectivity index (χ1) is 16.2. The second-order valence-electron chi connectivity index (χ2n) is 9.38. The molecule has 3 heteroatoms. The highest BCUT2D eigenvalue weighted by atomic mass is 32.2. The van der Waals surface area contributed by atoms with E-state index in [1.54, 1.807) is 23.9 Å². The molecule has 0 aliphatic heterocycles. The first-order valence-corrected chi connectivity index (χ1v) is 14.3. The Morgan fingerprint density at radius 2 is 0.879 bits per heavy atom. The summed E-state index contributed by atoms with van der Waals surface area (Å²) >= 11 is 1.54. The van der Waals surface area contributed by atoms with E-state index in [1.807, 2.05) is 12.1 Å². The molecule has 2 nitrogen and oxygen atoms in total. The summed E-state index contributed by atoms with van der Waals surface area (Å²) in [5.41, 5.74) is 2.39. The molecule has 184 valence electrons. The van der Waals surface area contributed by atoms with Gasteiger partial charge in [-0.3, -0.25) is 0 Å². The normalized spacial score (nSPS) is 11.2. The van der Waals surface area contributed by atoms with Crippen molar-refractivity contribution >= 4 is 11.8 Å². The molecule has 33 heavy (non-hydrogen) atoms. The Labute approximate surface area is 207 Å². The summed E-state index contributed by atoms with van der Waals surface area (Å²) in [5, 5.41) is 21.3. The fourth-order valence-corrected chi connectivity index (χ4v) is 5.57. The van der Waals surface area contributed by atoms with Crippen LogP contribution in [0.25, 0.3) is 0 Å². The van der Waals surface area contributed by atoms with E-state index in [9.17, 15) is 10.2 Å². The van der Waals surface area contributed by atoms with Crippen molar-refractivity contribution in [3.8, 4) is 11.5 Å². The van der Waals surface area contributed by atoms with Gasteiger partial charge >= 0.3 is 0 Å². The summed E-state index contributed by atoms with van der Waals surface area (Å²) in [5.74, 6) is 0.649. The fraction of sp³-hybridized carbons (Fsp3) is 0.600. The standard InChI is InChI=1S/C30H46O2S/c1-3-5-7-9-11-13-15-19-25-21-17-23-27(31)29(25)33-30-26(22-18-24-28(30)32)20-16-14-12-10-8-6-4-2/h17-18,21-24,31-32H,3-16,19-20H2,1-2H3. The number of benzene rings is 2. The molecular weight excluding hydrogens is 424 g/mol. The molecule has 0 saturated carbocycles. The summed E-state index contributed by atoms with van der Waals surface area (Å²) in [7, 11) is 0. The van der Waals surface area contributed by atoms with Gasteiger partial charge in [0.15, 0.2) is 0 Å². The molecule has 0 aliphatic carbocycles. The molecule has 2 aromatic rings. The molecule has 0 fully saturated rings. The monoisotopic (exact) mass is 470 g/mol. The molecule has 0 heterocycles. The van der Waals surface area contributed by atoms with Gasteiger partial charge in [-0.25, -0.2) is 0 Å². The Hall–Kier alpha value is -1.61. The van der Waals surface area contributed by atoms with Crippen molar-refractivity contribution in [2.75, 3.05) is 0 Å². The lowest BCUT2D eigenvalue weighted by Crippen LogP contribution is -1.94. The Balaban J connectivity index is 1.96. The minimum absolute atomic E-state index is 0.325. The lowest BCUT2D eigenvalue weighted by Gasteiger charge is -2.15. The number of phenols is 2. The Morgan fingerprint density at radius 3 is 1.27 bits per heavy atom. The van der Waals surface area contributed by atoms with Gasteiger partial charge in [-0.05, 0) is 48.9 Å². The average molecular weight is 471 g/mol. The quantitative estimate of drug-likeness (QED) is 0.213. The maximum absolute atomic E-state index is 10.6. The van der Waals surface area contributed by atoms with Gasteiger partial charge in [0.2, 0.25) is 0 Å². The van der Waals surface area contributed by atoms with Crippen molar-refractivity contribution in [3.05, 3.63) is 47.5 Å². The molecule has 0 aromatic heterocycles. The van der Waals surface area contributed by atoms with Gasteiger partial charge < -0.3 is 10.2 Å². The van der Waals surface area contributed by atoms with Crippen molar-refractivity contribution in [1.82, 2.24) is 0 Å². The number of unbranched alkanes of at least 4 members (excludes halogenated alkanes) is 12. The minimum atomic E-state index is 0.325. The van der Waals surface area contributed by atoms with Crippen LogP contribution >= 0.6 is 11.8 Å². The van der Waals surface area contributed by atoms with Crippen molar-refractivity contribution in [3.63, 3.8) is 0 Å². The van der Waals surface area contributed by atoms with Crippen molar-refractivity contribution in [2.24, 2.45) is 0 Å². The molecule has 0 saturated heterocycles. The highest BCUT2D eigenvalue weighted by Gasteiger charge is 2.15. The van der Waals surface area contributed by atoms with E-state index < -0.39 is 0 Å². The Kier molecular flexibility index (Phi) is 14.2. The third kappa shape index (κ3) is 10.5. The molecule has 0 spiro atoms. The number of aryl methyl sites for hydroxylation is 2. The van der Waals surface area contributed by atoms with Gasteiger partial charge in [-0.1, -0.05) is 127 Å². The van der Waals surface area contributed by atoms with Gasteiger partial charge in [-0.2, -0.15) is 0 Å². The Morgan fingerprint density at radius 1 is 0.515 bits per heavy atom. The highest BCUT2D eigenvalue weighted by molar-refractivity contribution is 7.99.